The number of aliphatic hydroxyl groups excluding tert-OH is 1. The van der Waals surface area contributed by atoms with Gasteiger partial charge in [0.25, 0.3) is 0 Å². The summed E-state index contributed by atoms with van der Waals surface area (Å²) in [5.74, 6) is -0.377. The number of hydrogen-bond donors (Lipinski definition) is 4. The van der Waals surface area contributed by atoms with Crippen molar-refractivity contribution in [2.24, 2.45) is 0 Å². The number of ether oxygens (including phenoxy) is 10. The van der Waals surface area contributed by atoms with Gasteiger partial charge in [-0.05, 0) is 81.6 Å². The minimum atomic E-state index is -0.651. The highest BCUT2D eigenvalue weighted by Crippen LogP contribution is 2.20. The Morgan fingerprint density at radius 2 is 0.879 bits per heavy atom. The van der Waals surface area contributed by atoms with Gasteiger partial charge in [-0.25, -0.2) is 0 Å². The Labute approximate surface area is 397 Å². The number of hydrogen-bond acceptors (Lipinski definition) is 15. The van der Waals surface area contributed by atoms with Gasteiger partial charge in [0.15, 0.2) is 5.81 Å². The fourth-order valence-electron chi connectivity index (χ4n) is 5.82. The van der Waals surface area contributed by atoms with E-state index in [0.717, 1.165) is 6.42 Å². The highest BCUT2D eigenvalue weighted by Gasteiger charge is 2.25. The molecule has 0 unspecified atom stereocenters. The van der Waals surface area contributed by atoms with Crippen molar-refractivity contribution in [1.82, 2.24) is 20.9 Å². The molecule has 20 heteroatoms. The zero-order valence-corrected chi connectivity index (χ0v) is 42.5. The summed E-state index contributed by atoms with van der Waals surface area (Å²) >= 11 is 0. The molecule has 387 valence electrons. The third-order valence-corrected chi connectivity index (χ3v) is 9.86. The number of carbonyl (C=O) groups excluding carboxylic acids is 4. The lowest BCUT2D eigenvalue weighted by atomic mass is 9.80. The average molecular weight is 950 g/mol. The van der Waals surface area contributed by atoms with E-state index in [4.69, 9.17) is 47.4 Å². The van der Waals surface area contributed by atoms with E-state index in [-0.39, 0.29) is 61.8 Å². The number of nitrogens with one attached hydrogen (secondary N) is 3. The second-order valence-electron chi connectivity index (χ2n) is 18.2. The van der Waals surface area contributed by atoms with Crippen molar-refractivity contribution in [1.29, 1.82) is 0 Å². The molecule has 4 N–H and O–H groups in total. The topological polar surface area (TPSA) is 220 Å². The van der Waals surface area contributed by atoms with Gasteiger partial charge in [-0.2, -0.15) is 0 Å². The first-order chi connectivity index (χ1) is 31.3. The van der Waals surface area contributed by atoms with E-state index in [1.165, 1.54) is 7.28 Å². The predicted molar refractivity (Wildman–Crippen MR) is 253 cm³/mol. The molecule has 0 aromatic carbocycles. The summed E-state index contributed by atoms with van der Waals surface area (Å²) in [6.07, 6.45) is 2.77. The van der Waals surface area contributed by atoms with Gasteiger partial charge in [0.1, 0.15) is 0 Å². The molecule has 0 heterocycles. The van der Waals surface area contributed by atoms with Crippen molar-refractivity contribution in [3.05, 3.63) is 0 Å². The van der Waals surface area contributed by atoms with Gasteiger partial charge in [0.2, 0.25) is 25.0 Å². The maximum absolute atomic E-state index is 12.5. The minimum absolute atomic E-state index is 0.00292. The van der Waals surface area contributed by atoms with E-state index in [0.29, 0.717) is 145 Å². The van der Waals surface area contributed by atoms with Crippen LogP contribution >= 0.6 is 0 Å². The monoisotopic (exact) mass is 950 g/mol. The molecule has 4 amide bonds. The van der Waals surface area contributed by atoms with E-state index in [1.807, 2.05) is 48.5 Å². The zero-order chi connectivity index (χ0) is 49.6. The van der Waals surface area contributed by atoms with Crippen LogP contribution in [0.4, 0.5) is 4.79 Å². The Bertz CT molecular complexity index is 1260. The highest BCUT2D eigenvalue weighted by molar-refractivity contribution is 6.72. The van der Waals surface area contributed by atoms with Crippen molar-refractivity contribution in [3.8, 4) is 0 Å². The van der Waals surface area contributed by atoms with Crippen LogP contribution in [-0.2, 0) is 61.8 Å². The largest absolute Gasteiger partial charge is 0.394 e. The molecule has 0 aliphatic rings. The van der Waals surface area contributed by atoms with Crippen molar-refractivity contribution in [3.63, 3.8) is 0 Å². The molecule has 0 aromatic heterocycles. The summed E-state index contributed by atoms with van der Waals surface area (Å²) in [4.78, 5) is 50.7. The van der Waals surface area contributed by atoms with Crippen molar-refractivity contribution >= 4 is 30.8 Å². The van der Waals surface area contributed by atoms with Crippen molar-refractivity contribution in [2.45, 2.75) is 130 Å². The van der Waals surface area contributed by atoms with Crippen LogP contribution < -0.4 is 16.0 Å². The third-order valence-electron chi connectivity index (χ3n) is 9.86. The second kappa shape index (κ2) is 38.4. The van der Waals surface area contributed by atoms with E-state index in [2.05, 4.69) is 16.0 Å². The van der Waals surface area contributed by atoms with E-state index >= 15 is 0 Å². The van der Waals surface area contributed by atoms with Crippen molar-refractivity contribution in [2.75, 3.05) is 145 Å². The summed E-state index contributed by atoms with van der Waals surface area (Å²) < 4.78 is 56.1. The number of amides is 4. The zero-order valence-electron chi connectivity index (χ0n) is 42.5. The molecule has 0 fully saturated rings. The van der Waals surface area contributed by atoms with Gasteiger partial charge in [0, 0.05) is 57.6 Å². The Kier molecular flexibility index (Phi) is 36.9. The number of carbonyl (C=O) groups is 4. The fourth-order valence-corrected chi connectivity index (χ4v) is 5.82. The Hall–Kier alpha value is -2.50. The van der Waals surface area contributed by atoms with Crippen LogP contribution in [0.25, 0.3) is 0 Å². The summed E-state index contributed by atoms with van der Waals surface area (Å²) in [6.45, 7) is 27.4. The highest BCUT2D eigenvalue weighted by atomic mass is 16.6. The molecular formula is C46H90BN4O15. The molecule has 0 aromatic rings. The standard InChI is InChI=1S/C46H90BN4O15/c1-11-65-46(8,9)16-18-48-39(53)12-15-45(6,7)66-23-17-43(2,3)49-40(54)13-21-57-26-30-61-34-36-63-32-28-59-24-19-51(42(56)47-10)20-25-60-29-33-64-37-35-62-31-27-58-22-14-41(55)50-44(4,5)38-52/h52H,11-38H2,1-10H3,(H,48,53)(H,49,54)(H,50,55). The normalized spacial score (nSPS) is 12.3. The van der Waals surface area contributed by atoms with E-state index in [1.54, 1.807) is 25.6 Å². The van der Waals surface area contributed by atoms with Gasteiger partial charge in [-0.3, -0.25) is 19.2 Å². The van der Waals surface area contributed by atoms with Crippen LogP contribution in [-0.4, -0.2) is 208 Å². The molecule has 1 radical (unpaired) electrons. The van der Waals surface area contributed by atoms with Crippen LogP contribution in [0.2, 0.25) is 6.82 Å². The second-order valence-corrected chi connectivity index (χ2v) is 18.2. The summed E-state index contributed by atoms with van der Waals surface area (Å²) in [6, 6.07) is 0. The molecule has 66 heavy (non-hydrogen) atoms. The SMILES string of the molecule is C[B]C(=O)N(CCOCCOCCOCCOCCC(=O)NC(C)(C)CO)CCOCCOCCOCCOCCC(=O)NC(C)(C)CCOC(C)(C)CCC(=O)NCCC(C)(C)OCC. The Morgan fingerprint density at radius 1 is 0.485 bits per heavy atom. The summed E-state index contributed by atoms with van der Waals surface area (Å²) in [5, 5.41) is 17.9. The number of aliphatic hydroxyl groups is 1. The first-order valence-electron chi connectivity index (χ1n) is 23.7. The van der Waals surface area contributed by atoms with Crippen LogP contribution in [0, 0.1) is 0 Å². The van der Waals surface area contributed by atoms with Gasteiger partial charge in [0.05, 0.1) is 129 Å². The lowest BCUT2D eigenvalue weighted by Crippen LogP contribution is -2.46. The molecule has 0 atom stereocenters. The molecule has 0 saturated heterocycles. The molecular weight excluding hydrogens is 859 g/mol. The number of nitrogens with zero attached hydrogens (tertiary/aromatic N) is 1. The number of rotatable bonds is 46. The van der Waals surface area contributed by atoms with Crippen molar-refractivity contribution < 1.29 is 71.7 Å². The molecule has 0 spiro atoms. The first kappa shape index (κ1) is 63.5. The van der Waals surface area contributed by atoms with E-state index in [9.17, 15) is 24.3 Å². The summed E-state index contributed by atoms with van der Waals surface area (Å²) in [5.41, 5.74) is -1.85. The van der Waals surface area contributed by atoms with Gasteiger partial charge >= 0.3 is 0 Å². The molecule has 0 aliphatic carbocycles. The smallest absolute Gasteiger partial charge is 0.229 e. The molecule has 0 bridgehead atoms. The third kappa shape index (κ3) is 39.5. The predicted octanol–water partition coefficient (Wildman–Crippen LogP) is 3.14. The quantitative estimate of drug-likeness (QED) is 0.0509. The molecule has 0 aliphatic heterocycles. The van der Waals surface area contributed by atoms with Gasteiger partial charge in [-0.15, -0.1) is 0 Å². The first-order valence-corrected chi connectivity index (χ1v) is 23.7. The fraction of sp³-hybridized carbons (Fsp3) is 0.913. The summed E-state index contributed by atoms with van der Waals surface area (Å²) in [7, 11) is 1.51. The molecule has 19 nitrogen and oxygen atoms in total. The molecule has 0 rings (SSSR count). The maximum Gasteiger partial charge on any atom is 0.229 e. The average Bonchev–Trinajstić information content (AvgIpc) is 3.24. The van der Waals surface area contributed by atoms with Crippen LogP contribution in [0.1, 0.15) is 101 Å². The van der Waals surface area contributed by atoms with Crippen LogP contribution in [0.5, 0.6) is 0 Å². The lowest BCUT2D eigenvalue weighted by molar-refractivity contribution is -0.125. The Balaban J connectivity index is 3.80. The van der Waals surface area contributed by atoms with Gasteiger partial charge < -0.3 is 73.3 Å². The minimum Gasteiger partial charge on any atom is -0.394 e. The lowest BCUT2D eigenvalue weighted by Gasteiger charge is -2.30. The van der Waals surface area contributed by atoms with Crippen LogP contribution in [0.15, 0.2) is 0 Å². The van der Waals surface area contributed by atoms with E-state index < -0.39 is 16.7 Å². The van der Waals surface area contributed by atoms with Gasteiger partial charge in [-0.1, -0.05) is 6.82 Å². The van der Waals surface area contributed by atoms with Crippen LogP contribution in [0.3, 0.4) is 0 Å². The Morgan fingerprint density at radius 3 is 1.29 bits per heavy atom. The maximum atomic E-state index is 12.5. The molecule has 0 saturated carbocycles.